The molecule has 1 aromatic heterocycles. The molecule has 1 N–H and O–H groups in total. The maximum absolute atomic E-state index is 12.4. The number of hydrogen-bond acceptors (Lipinski definition) is 5. The summed E-state index contributed by atoms with van der Waals surface area (Å²) in [6.45, 7) is 4.01. The number of aromatic nitrogens is 2. The van der Waals surface area contributed by atoms with Crippen LogP contribution in [0.3, 0.4) is 0 Å². The first kappa shape index (κ1) is 19.4. The number of benzene rings is 2. The quantitative estimate of drug-likeness (QED) is 0.657. The largest absolute Gasteiger partial charge is 0.493 e. The van der Waals surface area contributed by atoms with Crippen molar-refractivity contribution in [2.24, 2.45) is 0 Å². The Bertz CT molecular complexity index is 959. The zero-order valence-electron chi connectivity index (χ0n) is 16.2. The minimum atomic E-state index is -0.101. The number of amides is 1. The zero-order valence-corrected chi connectivity index (χ0v) is 16.2. The highest BCUT2D eigenvalue weighted by atomic mass is 16.5. The highest BCUT2D eigenvalue weighted by molar-refractivity contribution is 5.95. The van der Waals surface area contributed by atoms with E-state index in [2.05, 4.69) is 15.3 Å². The van der Waals surface area contributed by atoms with Crippen LogP contribution in [0.15, 0.2) is 60.9 Å². The van der Waals surface area contributed by atoms with Gasteiger partial charge in [-0.2, -0.15) is 0 Å². The predicted molar refractivity (Wildman–Crippen MR) is 108 cm³/mol. The summed E-state index contributed by atoms with van der Waals surface area (Å²) in [6, 6.07) is 16.5. The van der Waals surface area contributed by atoms with Gasteiger partial charge in [-0.1, -0.05) is 31.2 Å². The van der Waals surface area contributed by atoms with E-state index >= 15 is 0 Å². The van der Waals surface area contributed by atoms with Crippen molar-refractivity contribution in [3.05, 3.63) is 66.5 Å². The highest BCUT2D eigenvalue weighted by Crippen LogP contribution is 2.31. The molecule has 6 heteroatoms. The minimum Gasteiger partial charge on any atom is -0.493 e. The molecule has 2 aromatic carbocycles. The average Bonchev–Trinajstić information content (AvgIpc) is 2.74. The molecule has 0 unspecified atom stereocenters. The van der Waals surface area contributed by atoms with Crippen LogP contribution in [-0.2, 0) is 0 Å². The Morgan fingerprint density at radius 3 is 2.61 bits per heavy atom. The lowest BCUT2D eigenvalue weighted by atomic mass is 10.1. The Labute approximate surface area is 164 Å². The van der Waals surface area contributed by atoms with Crippen molar-refractivity contribution >= 4 is 5.91 Å². The second-order valence-electron chi connectivity index (χ2n) is 6.36. The molecule has 6 nitrogen and oxygen atoms in total. The molecular formula is C22H23N3O3. The van der Waals surface area contributed by atoms with E-state index in [0.29, 0.717) is 28.6 Å². The molecular weight excluding hydrogens is 354 g/mol. The van der Waals surface area contributed by atoms with Gasteiger partial charge in [0.2, 0.25) is 5.88 Å². The lowest BCUT2D eigenvalue weighted by molar-refractivity contribution is 0.0939. The molecule has 0 fully saturated rings. The van der Waals surface area contributed by atoms with Crippen molar-refractivity contribution in [3.63, 3.8) is 0 Å². The standard InChI is InChI=1S/C22H23N3O3/c1-4-15(2)25-22(26)17-9-7-8-16(12-17)18-13-21(24-14-23-18)28-20-11-6-5-10-19(20)27-3/h5-15H,4H2,1-3H3,(H,25,26)/t15-/m0/s1. The maximum Gasteiger partial charge on any atom is 0.251 e. The first-order chi connectivity index (χ1) is 13.6. The van der Waals surface area contributed by atoms with Crippen molar-refractivity contribution in [1.82, 2.24) is 15.3 Å². The van der Waals surface area contributed by atoms with Gasteiger partial charge in [0.1, 0.15) is 6.33 Å². The van der Waals surface area contributed by atoms with Gasteiger partial charge in [-0.3, -0.25) is 4.79 Å². The Hall–Kier alpha value is -3.41. The van der Waals surface area contributed by atoms with Crippen molar-refractivity contribution in [3.8, 4) is 28.6 Å². The molecule has 144 valence electrons. The van der Waals surface area contributed by atoms with Crippen LogP contribution in [0.25, 0.3) is 11.3 Å². The van der Waals surface area contributed by atoms with Crippen LogP contribution in [-0.4, -0.2) is 29.0 Å². The second kappa shape index (κ2) is 8.99. The first-order valence-corrected chi connectivity index (χ1v) is 9.15. The molecule has 1 atom stereocenters. The number of nitrogens with one attached hydrogen (secondary N) is 1. The summed E-state index contributed by atoms with van der Waals surface area (Å²) in [7, 11) is 1.59. The molecule has 3 aromatic rings. The summed E-state index contributed by atoms with van der Waals surface area (Å²) in [5.41, 5.74) is 2.06. The molecule has 0 saturated heterocycles. The van der Waals surface area contributed by atoms with E-state index in [4.69, 9.17) is 9.47 Å². The number of carbonyl (C=O) groups excluding carboxylic acids is 1. The fourth-order valence-corrected chi connectivity index (χ4v) is 2.60. The summed E-state index contributed by atoms with van der Waals surface area (Å²) >= 11 is 0. The Morgan fingerprint density at radius 2 is 1.86 bits per heavy atom. The molecule has 0 bridgehead atoms. The van der Waals surface area contributed by atoms with E-state index in [1.807, 2.05) is 50.2 Å². The third kappa shape index (κ3) is 4.65. The second-order valence-corrected chi connectivity index (χ2v) is 6.36. The van der Waals surface area contributed by atoms with Crippen LogP contribution in [0.5, 0.6) is 17.4 Å². The molecule has 3 rings (SSSR count). The number of carbonyl (C=O) groups is 1. The van der Waals surface area contributed by atoms with E-state index in [9.17, 15) is 4.79 Å². The Kier molecular flexibility index (Phi) is 6.22. The third-order valence-corrected chi connectivity index (χ3v) is 4.34. The van der Waals surface area contributed by atoms with Gasteiger partial charge in [0.15, 0.2) is 11.5 Å². The van der Waals surface area contributed by atoms with Gasteiger partial charge in [-0.05, 0) is 37.6 Å². The Morgan fingerprint density at radius 1 is 1.07 bits per heavy atom. The van der Waals surface area contributed by atoms with E-state index in [0.717, 1.165) is 12.0 Å². The van der Waals surface area contributed by atoms with Crippen LogP contribution in [0.4, 0.5) is 0 Å². The Balaban J connectivity index is 1.84. The van der Waals surface area contributed by atoms with Gasteiger partial charge >= 0.3 is 0 Å². The fraction of sp³-hybridized carbons (Fsp3) is 0.227. The van der Waals surface area contributed by atoms with Gasteiger partial charge in [0.05, 0.1) is 12.8 Å². The molecule has 0 aliphatic rings. The van der Waals surface area contributed by atoms with E-state index in [1.165, 1.54) is 6.33 Å². The average molecular weight is 377 g/mol. The molecule has 1 heterocycles. The molecule has 0 saturated carbocycles. The minimum absolute atomic E-state index is 0.101. The van der Waals surface area contributed by atoms with Gasteiger partial charge in [0, 0.05) is 23.2 Å². The van der Waals surface area contributed by atoms with Crippen LogP contribution in [0.2, 0.25) is 0 Å². The van der Waals surface area contributed by atoms with Gasteiger partial charge in [-0.25, -0.2) is 9.97 Å². The van der Waals surface area contributed by atoms with Crippen LogP contribution >= 0.6 is 0 Å². The summed E-state index contributed by atoms with van der Waals surface area (Å²) in [6.07, 6.45) is 2.31. The van der Waals surface area contributed by atoms with Crippen LogP contribution < -0.4 is 14.8 Å². The number of hydrogen-bond donors (Lipinski definition) is 1. The summed E-state index contributed by atoms with van der Waals surface area (Å²) in [5, 5.41) is 2.97. The SMILES string of the molecule is CC[C@H](C)NC(=O)c1cccc(-c2cc(Oc3ccccc3OC)ncn2)c1. The van der Waals surface area contributed by atoms with Gasteiger partial charge in [-0.15, -0.1) is 0 Å². The lowest BCUT2D eigenvalue weighted by Gasteiger charge is -2.12. The number of nitrogens with zero attached hydrogens (tertiary/aromatic N) is 2. The third-order valence-electron chi connectivity index (χ3n) is 4.34. The van der Waals surface area contributed by atoms with Crippen molar-refractivity contribution < 1.29 is 14.3 Å². The topological polar surface area (TPSA) is 73.3 Å². The van der Waals surface area contributed by atoms with E-state index in [1.54, 1.807) is 25.3 Å². The number of methoxy groups -OCH3 is 1. The monoisotopic (exact) mass is 377 g/mol. The number of ether oxygens (including phenoxy) is 2. The van der Waals surface area contributed by atoms with Crippen molar-refractivity contribution in [1.29, 1.82) is 0 Å². The fourth-order valence-electron chi connectivity index (χ4n) is 2.60. The summed E-state index contributed by atoms with van der Waals surface area (Å²) < 4.78 is 11.2. The van der Waals surface area contributed by atoms with E-state index in [-0.39, 0.29) is 11.9 Å². The smallest absolute Gasteiger partial charge is 0.251 e. The van der Waals surface area contributed by atoms with Gasteiger partial charge < -0.3 is 14.8 Å². The molecule has 0 radical (unpaired) electrons. The van der Waals surface area contributed by atoms with Crippen LogP contribution in [0, 0.1) is 0 Å². The molecule has 0 aliphatic carbocycles. The normalized spacial score (nSPS) is 11.5. The number of para-hydroxylation sites is 2. The molecule has 0 spiro atoms. The summed E-state index contributed by atoms with van der Waals surface area (Å²) in [5.74, 6) is 1.47. The molecule has 1 amide bonds. The van der Waals surface area contributed by atoms with Crippen LogP contribution in [0.1, 0.15) is 30.6 Å². The van der Waals surface area contributed by atoms with Crippen molar-refractivity contribution in [2.75, 3.05) is 7.11 Å². The zero-order chi connectivity index (χ0) is 19.9. The lowest BCUT2D eigenvalue weighted by Crippen LogP contribution is -2.31. The first-order valence-electron chi connectivity index (χ1n) is 9.15. The maximum atomic E-state index is 12.4. The number of rotatable bonds is 7. The molecule has 28 heavy (non-hydrogen) atoms. The van der Waals surface area contributed by atoms with E-state index < -0.39 is 0 Å². The predicted octanol–water partition coefficient (Wildman–Crippen LogP) is 4.47. The molecule has 0 aliphatic heterocycles. The van der Waals surface area contributed by atoms with Crippen molar-refractivity contribution in [2.45, 2.75) is 26.3 Å². The highest BCUT2D eigenvalue weighted by Gasteiger charge is 2.11. The van der Waals surface area contributed by atoms with Gasteiger partial charge in [0.25, 0.3) is 5.91 Å². The summed E-state index contributed by atoms with van der Waals surface area (Å²) in [4.78, 5) is 20.9.